The van der Waals surface area contributed by atoms with Crippen LogP contribution >= 0.6 is 0 Å². The van der Waals surface area contributed by atoms with E-state index in [1.54, 1.807) is 13.1 Å². The first kappa shape index (κ1) is 27.2. The van der Waals surface area contributed by atoms with Gasteiger partial charge in [-0.2, -0.15) is 28.1 Å². The molecule has 0 unspecified atom stereocenters. The Balaban J connectivity index is 1.24. The summed E-state index contributed by atoms with van der Waals surface area (Å²) in [6, 6.07) is 15.4. The van der Waals surface area contributed by atoms with Crippen molar-refractivity contribution >= 4 is 23.8 Å². The van der Waals surface area contributed by atoms with Crippen molar-refractivity contribution in [2.24, 2.45) is 5.92 Å². The van der Waals surface area contributed by atoms with Crippen molar-refractivity contribution in [1.29, 1.82) is 0 Å². The summed E-state index contributed by atoms with van der Waals surface area (Å²) in [6.45, 7) is 0.446. The number of nitrogens with one attached hydrogen (secondary N) is 4. The molecule has 1 amide bonds. The number of anilines is 3. The minimum Gasteiger partial charge on any atom is -0.357 e. The van der Waals surface area contributed by atoms with Crippen LogP contribution in [-0.2, 0) is 24.1 Å². The summed E-state index contributed by atoms with van der Waals surface area (Å²) in [7, 11) is 1.75. The lowest BCUT2D eigenvalue weighted by Gasteiger charge is -2.29. The number of nitrogens with zero attached hydrogens (tertiary/aromatic N) is 3. The van der Waals surface area contributed by atoms with Crippen LogP contribution in [0.5, 0.6) is 0 Å². The third kappa shape index (κ3) is 7.80. The van der Waals surface area contributed by atoms with E-state index in [9.17, 15) is 18.0 Å². The molecule has 1 aliphatic rings. The number of hydrogen-bond donors (Lipinski definition) is 4. The highest BCUT2D eigenvalue weighted by atomic mass is 19.4. The van der Waals surface area contributed by atoms with Gasteiger partial charge in [0, 0.05) is 32.6 Å². The predicted molar refractivity (Wildman–Crippen MR) is 140 cm³/mol. The Hall–Kier alpha value is -3.89. The van der Waals surface area contributed by atoms with Crippen molar-refractivity contribution in [3.8, 4) is 0 Å². The van der Waals surface area contributed by atoms with E-state index in [4.69, 9.17) is 0 Å². The second kappa shape index (κ2) is 12.6. The molecular formula is C27H32F3N7O. The fraction of sp³-hybridized carbons (Fsp3) is 0.407. The SMILES string of the molecule is CNc1nc(NCc2ccccc2)nc(NC2CCC(CC(=O)NCc3ccccc3C(F)(F)F)CC2)n1. The highest BCUT2D eigenvalue weighted by Crippen LogP contribution is 2.32. The Morgan fingerprint density at radius 1 is 0.868 bits per heavy atom. The molecule has 0 spiro atoms. The second-order valence-electron chi connectivity index (χ2n) is 9.39. The van der Waals surface area contributed by atoms with Gasteiger partial charge in [0.15, 0.2) is 0 Å². The summed E-state index contributed by atoms with van der Waals surface area (Å²) in [6.07, 6.45) is -0.826. The fourth-order valence-electron chi connectivity index (χ4n) is 4.58. The van der Waals surface area contributed by atoms with Gasteiger partial charge in [-0.1, -0.05) is 48.5 Å². The zero-order valence-electron chi connectivity index (χ0n) is 21.2. The van der Waals surface area contributed by atoms with Crippen LogP contribution in [0.25, 0.3) is 0 Å². The maximum Gasteiger partial charge on any atom is 0.416 e. The number of amides is 1. The molecule has 1 aliphatic carbocycles. The van der Waals surface area contributed by atoms with Gasteiger partial charge in [0.05, 0.1) is 5.56 Å². The number of halogens is 3. The quantitative estimate of drug-likeness (QED) is 0.287. The average Bonchev–Trinajstić information content (AvgIpc) is 2.92. The van der Waals surface area contributed by atoms with Crippen LogP contribution in [0, 0.1) is 5.92 Å². The largest absolute Gasteiger partial charge is 0.416 e. The number of aromatic nitrogens is 3. The molecule has 2 aromatic carbocycles. The van der Waals surface area contributed by atoms with E-state index in [0.717, 1.165) is 37.3 Å². The van der Waals surface area contributed by atoms with Crippen LogP contribution in [-0.4, -0.2) is 33.9 Å². The van der Waals surface area contributed by atoms with Gasteiger partial charge in [0.25, 0.3) is 0 Å². The number of benzene rings is 2. The molecule has 4 rings (SSSR count). The zero-order chi connectivity index (χ0) is 27.0. The van der Waals surface area contributed by atoms with E-state index in [0.29, 0.717) is 30.8 Å². The molecule has 0 aliphatic heterocycles. The maximum absolute atomic E-state index is 13.2. The average molecular weight is 528 g/mol. The number of alkyl halides is 3. The van der Waals surface area contributed by atoms with Gasteiger partial charge in [-0.25, -0.2) is 0 Å². The first-order chi connectivity index (χ1) is 18.3. The van der Waals surface area contributed by atoms with E-state index in [1.807, 2.05) is 30.3 Å². The summed E-state index contributed by atoms with van der Waals surface area (Å²) in [5, 5.41) is 12.2. The lowest BCUT2D eigenvalue weighted by atomic mass is 9.84. The van der Waals surface area contributed by atoms with Crippen molar-refractivity contribution in [2.45, 2.75) is 57.4 Å². The van der Waals surface area contributed by atoms with Gasteiger partial charge < -0.3 is 21.3 Å². The van der Waals surface area contributed by atoms with Gasteiger partial charge in [0.1, 0.15) is 0 Å². The Morgan fingerprint density at radius 2 is 1.53 bits per heavy atom. The molecular weight excluding hydrogens is 495 g/mol. The highest BCUT2D eigenvalue weighted by molar-refractivity contribution is 5.76. The van der Waals surface area contributed by atoms with E-state index in [-0.39, 0.29) is 30.0 Å². The molecule has 4 N–H and O–H groups in total. The van der Waals surface area contributed by atoms with E-state index >= 15 is 0 Å². The van der Waals surface area contributed by atoms with E-state index in [1.165, 1.54) is 12.1 Å². The van der Waals surface area contributed by atoms with Crippen molar-refractivity contribution in [3.05, 3.63) is 71.3 Å². The molecule has 1 aromatic heterocycles. The van der Waals surface area contributed by atoms with Crippen molar-refractivity contribution in [3.63, 3.8) is 0 Å². The first-order valence-corrected chi connectivity index (χ1v) is 12.7. The van der Waals surface area contributed by atoms with Crippen molar-refractivity contribution in [1.82, 2.24) is 20.3 Å². The third-order valence-corrected chi connectivity index (χ3v) is 6.61. The fourth-order valence-corrected chi connectivity index (χ4v) is 4.58. The lowest BCUT2D eigenvalue weighted by molar-refractivity contribution is -0.138. The van der Waals surface area contributed by atoms with Crippen LogP contribution in [0.2, 0.25) is 0 Å². The summed E-state index contributed by atoms with van der Waals surface area (Å²) in [5.41, 5.74) is 0.461. The number of hydrogen-bond acceptors (Lipinski definition) is 7. The summed E-state index contributed by atoms with van der Waals surface area (Å²) in [4.78, 5) is 25.7. The number of carbonyl (C=O) groups is 1. The van der Waals surface area contributed by atoms with Crippen LogP contribution in [0.3, 0.4) is 0 Å². The van der Waals surface area contributed by atoms with Gasteiger partial charge in [-0.15, -0.1) is 0 Å². The Morgan fingerprint density at radius 3 is 2.24 bits per heavy atom. The van der Waals surface area contributed by atoms with E-state index < -0.39 is 11.7 Å². The minimum absolute atomic E-state index is 0.0668. The first-order valence-electron chi connectivity index (χ1n) is 12.7. The third-order valence-electron chi connectivity index (χ3n) is 6.61. The highest BCUT2D eigenvalue weighted by Gasteiger charge is 2.33. The summed E-state index contributed by atoms with van der Waals surface area (Å²) < 4.78 is 39.5. The molecule has 1 fully saturated rings. The Bertz CT molecular complexity index is 1200. The molecule has 38 heavy (non-hydrogen) atoms. The molecule has 8 nitrogen and oxygen atoms in total. The number of carbonyl (C=O) groups excluding carboxylic acids is 1. The Kier molecular flexibility index (Phi) is 8.98. The summed E-state index contributed by atoms with van der Waals surface area (Å²) in [5.74, 6) is 1.34. The van der Waals surface area contributed by atoms with Crippen LogP contribution < -0.4 is 21.3 Å². The zero-order valence-corrected chi connectivity index (χ0v) is 21.2. The Labute approximate surface area is 219 Å². The summed E-state index contributed by atoms with van der Waals surface area (Å²) >= 11 is 0. The van der Waals surface area contributed by atoms with Crippen LogP contribution in [0.4, 0.5) is 31.0 Å². The molecule has 0 radical (unpaired) electrons. The molecule has 202 valence electrons. The maximum atomic E-state index is 13.2. The van der Waals surface area contributed by atoms with Crippen LogP contribution in [0.1, 0.15) is 48.8 Å². The number of rotatable bonds is 10. The van der Waals surface area contributed by atoms with Gasteiger partial charge in [-0.3, -0.25) is 4.79 Å². The van der Waals surface area contributed by atoms with Crippen molar-refractivity contribution in [2.75, 3.05) is 23.0 Å². The van der Waals surface area contributed by atoms with E-state index in [2.05, 4.69) is 36.2 Å². The van der Waals surface area contributed by atoms with Gasteiger partial charge in [0.2, 0.25) is 23.8 Å². The topological polar surface area (TPSA) is 104 Å². The predicted octanol–water partition coefficient (Wildman–Crippen LogP) is 5.22. The van der Waals surface area contributed by atoms with Gasteiger partial charge in [-0.05, 0) is 48.8 Å². The second-order valence-corrected chi connectivity index (χ2v) is 9.39. The standard InChI is InChI=1S/C27H32F3N7O/c1-31-24-35-25(33-16-19-7-3-2-4-8-19)37-26(36-24)34-21-13-11-18(12-14-21)15-23(38)32-17-20-9-5-6-10-22(20)27(28,29)30/h2-10,18,21H,11-17H2,1H3,(H,32,38)(H3,31,33,34,35,36,37). The lowest BCUT2D eigenvalue weighted by Crippen LogP contribution is -2.31. The molecule has 0 saturated heterocycles. The normalized spacial score (nSPS) is 17.5. The van der Waals surface area contributed by atoms with Crippen LogP contribution in [0.15, 0.2) is 54.6 Å². The smallest absolute Gasteiger partial charge is 0.357 e. The molecule has 1 heterocycles. The molecule has 0 bridgehead atoms. The molecule has 3 aromatic rings. The minimum atomic E-state index is -4.45. The molecule has 11 heteroatoms. The monoisotopic (exact) mass is 527 g/mol. The molecule has 1 saturated carbocycles. The molecule has 0 atom stereocenters. The van der Waals surface area contributed by atoms with Gasteiger partial charge >= 0.3 is 6.18 Å². The van der Waals surface area contributed by atoms with Crippen molar-refractivity contribution < 1.29 is 18.0 Å².